The first-order valence-corrected chi connectivity index (χ1v) is 9.46. The summed E-state index contributed by atoms with van der Waals surface area (Å²) in [4.78, 5) is 19.8. The zero-order valence-electron chi connectivity index (χ0n) is 14.5. The van der Waals surface area contributed by atoms with E-state index in [9.17, 15) is 4.79 Å². The monoisotopic (exact) mass is 394 g/mol. The maximum absolute atomic E-state index is 12.4. The molecule has 1 aliphatic heterocycles. The molecule has 1 aliphatic rings. The fourth-order valence-electron chi connectivity index (χ4n) is 2.93. The normalized spacial score (nSPS) is 14.4. The number of anilines is 1. The number of pyridine rings is 1. The van der Waals surface area contributed by atoms with Crippen LogP contribution in [-0.4, -0.2) is 43.6 Å². The molecule has 5 nitrogen and oxygen atoms in total. The van der Waals surface area contributed by atoms with E-state index in [1.165, 1.54) is 0 Å². The molecule has 1 aromatic heterocycles. The van der Waals surface area contributed by atoms with Gasteiger partial charge in [-0.15, -0.1) is 0 Å². The summed E-state index contributed by atoms with van der Waals surface area (Å²) in [6.45, 7) is 3.61. The molecule has 1 fully saturated rings. The summed E-state index contributed by atoms with van der Waals surface area (Å²) in [5.41, 5.74) is 0. The lowest BCUT2D eigenvalue weighted by Crippen LogP contribution is -2.50. The number of nitrogens with one attached hydrogen (secondary N) is 1. The van der Waals surface area contributed by atoms with Gasteiger partial charge in [0, 0.05) is 17.5 Å². The van der Waals surface area contributed by atoms with E-state index < -0.39 is 0 Å². The molecule has 3 rings (SSSR count). The molecule has 26 heavy (non-hydrogen) atoms. The SMILES string of the molecule is O=C(CCCOc1ccc(Cl)cc1Cl)N1CCN(c2cccc[nH+]2)CC1. The maximum Gasteiger partial charge on any atom is 0.274 e. The van der Waals surface area contributed by atoms with Crippen molar-refractivity contribution in [3.63, 3.8) is 0 Å². The van der Waals surface area contributed by atoms with Crippen LogP contribution < -0.4 is 14.6 Å². The number of ether oxygens (including phenoxy) is 1. The number of halogens is 2. The van der Waals surface area contributed by atoms with Crippen molar-refractivity contribution in [1.29, 1.82) is 0 Å². The van der Waals surface area contributed by atoms with E-state index in [4.69, 9.17) is 27.9 Å². The molecular weight excluding hydrogens is 373 g/mol. The van der Waals surface area contributed by atoms with Crippen LogP contribution in [0.5, 0.6) is 5.75 Å². The van der Waals surface area contributed by atoms with E-state index in [1.54, 1.807) is 18.2 Å². The third-order valence-electron chi connectivity index (χ3n) is 4.35. The molecule has 0 aliphatic carbocycles. The fourth-order valence-corrected chi connectivity index (χ4v) is 3.40. The Morgan fingerprint density at radius 2 is 1.92 bits per heavy atom. The highest BCUT2D eigenvalue weighted by Crippen LogP contribution is 2.27. The summed E-state index contributed by atoms with van der Waals surface area (Å²) in [5.74, 6) is 1.86. The van der Waals surface area contributed by atoms with Gasteiger partial charge in [0.1, 0.15) is 18.8 Å². The second-order valence-electron chi connectivity index (χ2n) is 6.14. The number of rotatable bonds is 6. The molecule has 0 unspecified atom stereocenters. The molecule has 7 heteroatoms. The van der Waals surface area contributed by atoms with Gasteiger partial charge in [0.25, 0.3) is 5.82 Å². The van der Waals surface area contributed by atoms with E-state index >= 15 is 0 Å². The molecule has 1 amide bonds. The minimum Gasteiger partial charge on any atom is -0.492 e. The highest BCUT2D eigenvalue weighted by molar-refractivity contribution is 6.35. The van der Waals surface area contributed by atoms with Crippen LogP contribution in [0, 0.1) is 0 Å². The summed E-state index contributed by atoms with van der Waals surface area (Å²) in [6.07, 6.45) is 3.05. The van der Waals surface area contributed by atoms with Gasteiger partial charge in [-0.2, -0.15) is 0 Å². The largest absolute Gasteiger partial charge is 0.492 e. The van der Waals surface area contributed by atoms with Crippen molar-refractivity contribution in [2.45, 2.75) is 12.8 Å². The number of hydrogen-bond acceptors (Lipinski definition) is 3. The fraction of sp³-hybridized carbons (Fsp3) is 0.368. The number of benzene rings is 1. The molecule has 0 saturated carbocycles. The van der Waals surface area contributed by atoms with Crippen molar-refractivity contribution >= 4 is 34.9 Å². The Morgan fingerprint density at radius 3 is 2.62 bits per heavy atom. The third kappa shape index (κ3) is 5.02. The maximum atomic E-state index is 12.4. The highest BCUT2D eigenvalue weighted by atomic mass is 35.5. The molecular formula is C19H22Cl2N3O2+. The summed E-state index contributed by atoms with van der Waals surface area (Å²) < 4.78 is 5.63. The van der Waals surface area contributed by atoms with Crippen LogP contribution >= 0.6 is 23.2 Å². The number of H-pyrrole nitrogens is 1. The molecule has 138 valence electrons. The first-order valence-electron chi connectivity index (χ1n) is 8.71. The zero-order valence-corrected chi connectivity index (χ0v) is 16.0. The Balaban J connectivity index is 1.38. The van der Waals surface area contributed by atoms with E-state index in [1.807, 2.05) is 23.2 Å². The van der Waals surface area contributed by atoms with Crippen LogP contribution in [0.4, 0.5) is 5.82 Å². The zero-order chi connectivity index (χ0) is 18.4. The van der Waals surface area contributed by atoms with Crippen molar-refractivity contribution in [3.8, 4) is 5.75 Å². The summed E-state index contributed by atoms with van der Waals surface area (Å²) in [5, 5.41) is 1.06. The molecule has 0 bridgehead atoms. The second-order valence-corrected chi connectivity index (χ2v) is 6.99. The van der Waals surface area contributed by atoms with Crippen LogP contribution in [0.3, 0.4) is 0 Å². The second kappa shape index (κ2) is 9.10. The van der Waals surface area contributed by atoms with Crippen LogP contribution in [0.1, 0.15) is 12.8 Å². The van der Waals surface area contributed by atoms with Crippen LogP contribution in [0.15, 0.2) is 42.6 Å². The van der Waals surface area contributed by atoms with E-state index in [0.717, 1.165) is 32.0 Å². The average molecular weight is 395 g/mol. The van der Waals surface area contributed by atoms with Crippen LogP contribution in [0.2, 0.25) is 10.0 Å². The first kappa shape index (κ1) is 18.8. The number of carbonyl (C=O) groups is 1. The molecule has 2 heterocycles. The number of aromatic nitrogens is 1. The number of nitrogens with zero attached hydrogens (tertiary/aromatic N) is 2. The van der Waals surface area contributed by atoms with Crippen LogP contribution in [-0.2, 0) is 4.79 Å². The Bertz CT molecular complexity index is 735. The van der Waals surface area contributed by atoms with Crippen LogP contribution in [0.25, 0.3) is 0 Å². The van der Waals surface area contributed by atoms with Crippen molar-refractivity contribution in [1.82, 2.24) is 4.90 Å². The van der Waals surface area contributed by atoms with Crippen molar-refractivity contribution in [2.24, 2.45) is 0 Å². The number of amides is 1. The summed E-state index contributed by atoms with van der Waals surface area (Å²) >= 11 is 11.9. The van der Waals surface area contributed by atoms with Gasteiger partial charge in [0.15, 0.2) is 0 Å². The van der Waals surface area contributed by atoms with Crippen molar-refractivity contribution < 1.29 is 14.5 Å². The molecule has 2 aromatic rings. The summed E-state index contributed by atoms with van der Waals surface area (Å²) in [7, 11) is 0. The smallest absolute Gasteiger partial charge is 0.274 e. The molecule has 0 atom stereocenters. The quantitative estimate of drug-likeness (QED) is 0.705. The van der Waals surface area contributed by atoms with E-state index in [0.29, 0.717) is 35.2 Å². The van der Waals surface area contributed by atoms with E-state index in [-0.39, 0.29) is 5.91 Å². The number of aromatic amines is 1. The predicted octanol–water partition coefficient (Wildman–Crippen LogP) is 3.32. The first-order chi connectivity index (χ1) is 12.6. The molecule has 0 radical (unpaired) electrons. The number of hydrogen-bond donors (Lipinski definition) is 0. The topological polar surface area (TPSA) is 46.9 Å². The minimum absolute atomic E-state index is 0.174. The Morgan fingerprint density at radius 1 is 1.12 bits per heavy atom. The van der Waals surface area contributed by atoms with Gasteiger partial charge in [0.05, 0.1) is 30.9 Å². The minimum atomic E-state index is 0.174. The van der Waals surface area contributed by atoms with Gasteiger partial charge >= 0.3 is 0 Å². The summed E-state index contributed by atoms with van der Waals surface area (Å²) in [6, 6.07) is 11.1. The van der Waals surface area contributed by atoms with Gasteiger partial charge in [-0.25, -0.2) is 4.98 Å². The van der Waals surface area contributed by atoms with Gasteiger partial charge in [-0.1, -0.05) is 29.3 Å². The molecule has 0 spiro atoms. The third-order valence-corrected chi connectivity index (χ3v) is 4.88. The van der Waals surface area contributed by atoms with Gasteiger partial charge < -0.3 is 9.64 Å². The van der Waals surface area contributed by atoms with Crippen molar-refractivity contribution in [2.75, 3.05) is 37.7 Å². The lowest BCUT2D eigenvalue weighted by Gasteiger charge is -2.31. The lowest BCUT2D eigenvalue weighted by atomic mass is 10.2. The molecule has 1 N–H and O–H groups in total. The van der Waals surface area contributed by atoms with Gasteiger partial charge in [-0.3, -0.25) is 9.69 Å². The Kier molecular flexibility index (Phi) is 6.58. The standard InChI is InChI=1S/C19H21Cl2N3O2/c20-15-6-7-17(16(21)14-15)26-13-3-5-19(25)24-11-9-23(10-12-24)18-4-1-2-8-22-18/h1-2,4,6-8,14H,3,5,9-13H2/p+1. The Labute approximate surface area is 163 Å². The molecule has 1 saturated heterocycles. The lowest BCUT2D eigenvalue weighted by molar-refractivity contribution is -0.364. The van der Waals surface area contributed by atoms with Gasteiger partial charge in [0.2, 0.25) is 5.91 Å². The van der Waals surface area contributed by atoms with Gasteiger partial charge in [-0.05, 0) is 30.7 Å². The number of piperazine rings is 1. The molecule has 1 aromatic carbocycles. The highest BCUT2D eigenvalue weighted by Gasteiger charge is 2.25. The van der Waals surface area contributed by atoms with E-state index in [2.05, 4.69) is 16.0 Å². The number of carbonyl (C=O) groups excluding carboxylic acids is 1. The average Bonchev–Trinajstić information content (AvgIpc) is 2.67. The Hall–Kier alpha value is -1.98. The predicted molar refractivity (Wildman–Crippen MR) is 103 cm³/mol. The van der Waals surface area contributed by atoms with Crippen molar-refractivity contribution in [3.05, 3.63) is 52.6 Å².